The fourth-order valence-corrected chi connectivity index (χ4v) is 6.52. The van der Waals surface area contributed by atoms with E-state index >= 15 is 0 Å². The Kier molecular flexibility index (Phi) is 5.76. The third kappa shape index (κ3) is 3.72. The van der Waals surface area contributed by atoms with Crippen molar-refractivity contribution in [3.8, 4) is 0 Å². The highest BCUT2D eigenvalue weighted by Crippen LogP contribution is 2.54. The van der Waals surface area contributed by atoms with Crippen LogP contribution in [-0.2, 0) is 11.0 Å². The summed E-state index contributed by atoms with van der Waals surface area (Å²) < 4.78 is 11.6. The molecule has 78 valence electrons. The Bertz CT molecular complexity index is 315. The molecule has 0 aliphatic carbocycles. The average Bonchev–Trinajstić information content (AvgIpc) is 2.19. The molecule has 0 aliphatic rings. The van der Waals surface area contributed by atoms with E-state index in [-0.39, 0.29) is 0 Å². The lowest BCUT2D eigenvalue weighted by atomic mass is 10.2. The maximum atomic E-state index is 11.6. The molecule has 4 heteroatoms. The van der Waals surface area contributed by atoms with Crippen LogP contribution in [0, 0.1) is 0 Å². The van der Waals surface area contributed by atoms with Crippen molar-refractivity contribution in [3.05, 3.63) is 29.8 Å². The zero-order valence-corrected chi connectivity index (χ0v) is 11.1. The van der Waals surface area contributed by atoms with E-state index in [1.54, 1.807) is 11.4 Å². The molecule has 1 unspecified atom stereocenters. The summed E-state index contributed by atoms with van der Waals surface area (Å²) in [5.74, 6) is 0.930. The Morgan fingerprint density at radius 1 is 1.29 bits per heavy atom. The molecule has 0 bridgehead atoms. The Morgan fingerprint density at radius 2 is 2.00 bits per heavy atom. The highest BCUT2D eigenvalue weighted by molar-refractivity contribution is 8.84. The summed E-state index contributed by atoms with van der Waals surface area (Å²) in [5.41, 5.74) is 1.30. The lowest BCUT2D eigenvalue weighted by Crippen LogP contribution is -1.81. The topological polar surface area (TPSA) is 17.1 Å². The van der Waals surface area contributed by atoms with Gasteiger partial charge in [0, 0.05) is 4.90 Å². The minimum absolute atomic E-state index is 0.930. The molecule has 1 aromatic rings. The van der Waals surface area contributed by atoms with Crippen LogP contribution < -0.4 is 0 Å². The average molecular weight is 246 g/mol. The second-order valence-corrected chi connectivity index (χ2v) is 9.23. The molecule has 0 spiro atoms. The Labute approximate surface area is 94.3 Å². The Balaban J connectivity index is 2.70. The van der Waals surface area contributed by atoms with E-state index in [1.165, 1.54) is 21.8 Å². The quantitative estimate of drug-likeness (QED) is 0.713. The second-order valence-electron chi connectivity index (χ2n) is 2.75. The molecule has 0 amide bonds. The highest BCUT2D eigenvalue weighted by atomic mass is 33.1. The van der Waals surface area contributed by atoms with Crippen LogP contribution in [0.2, 0.25) is 0 Å². The van der Waals surface area contributed by atoms with Gasteiger partial charge in [0.15, 0.2) is 6.20 Å². The van der Waals surface area contributed by atoms with Crippen LogP contribution in [0.15, 0.2) is 29.2 Å². The van der Waals surface area contributed by atoms with Gasteiger partial charge in [-0.15, -0.1) is 0 Å². The van der Waals surface area contributed by atoms with Crippen LogP contribution >= 0.6 is 29.0 Å². The predicted molar refractivity (Wildman–Crippen MR) is 68.8 cm³/mol. The van der Waals surface area contributed by atoms with Gasteiger partial charge in [0.2, 0.25) is 0 Å². The summed E-state index contributed by atoms with van der Waals surface area (Å²) in [6.07, 6.45) is -0.532. The van der Waals surface area contributed by atoms with Gasteiger partial charge in [-0.05, 0) is 23.8 Å². The number of hydrogen-bond donors (Lipinski definition) is 0. The maximum absolute atomic E-state index is 11.6. The highest BCUT2D eigenvalue weighted by Gasteiger charge is 2.05. The molecule has 1 rings (SSSR count). The van der Waals surface area contributed by atoms with Crippen molar-refractivity contribution >= 4 is 29.0 Å². The molecule has 0 aromatic heterocycles. The van der Waals surface area contributed by atoms with Gasteiger partial charge in [-0.3, -0.25) is 0 Å². The second kappa shape index (κ2) is 6.60. The van der Waals surface area contributed by atoms with Crippen LogP contribution in [0.25, 0.3) is 0 Å². The van der Waals surface area contributed by atoms with Crippen molar-refractivity contribution in [1.29, 1.82) is 0 Å². The van der Waals surface area contributed by atoms with Crippen LogP contribution in [0.5, 0.6) is 0 Å². The third-order valence-electron chi connectivity index (χ3n) is 1.81. The monoisotopic (exact) mass is 246 g/mol. The fourth-order valence-electron chi connectivity index (χ4n) is 1.13. The summed E-state index contributed by atoms with van der Waals surface area (Å²) in [6, 6.07) is 8.21. The molecule has 1 aromatic carbocycles. The van der Waals surface area contributed by atoms with Crippen molar-refractivity contribution in [1.82, 2.24) is 0 Å². The first-order valence-electron chi connectivity index (χ1n) is 4.70. The van der Waals surface area contributed by atoms with Crippen molar-refractivity contribution in [3.63, 3.8) is 0 Å². The lowest BCUT2D eigenvalue weighted by molar-refractivity contribution is 0.603. The van der Waals surface area contributed by atoms with Crippen molar-refractivity contribution < 1.29 is 4.57 Å². The third-order valence-corrected chi connectivity index (χ3v) is 7.66. The normalized spacial score (nSPS) is 12.7. The molecule has 0 aliphatic heterocycles. The molecule has 1 atom stereocenters. The molecule has 0 saturated carbocycles. The first-order chi connectivity index (χ1) is 6.77. The van der Waals surface area contributed by atoms with Gasteiger partial charge in [-0.1, -0.05) is 54.8 Å². The Hall–Kier alpha value is 0.150. The van der Waals surface area contributed by atoms with Gasteiger partial charge >= 0.3 is 0 Å². The minimum Gasteiger partial charge on any atom is -0.303 e. The standard InChI is InChI=1S/C10H15OPS2/c1-3-9-7-5-6-8-10(9)14-12(11)13-4-2/h5-8,12H,3-4H2,1-2H3. The summed E-state index contributed by atoms with van der Waals surface area (Å²) in [7, 11) is 0. The first-order valence-corrected chi connectivity index (χ1v) is 9.36. The van der Waals surface area contributed by atoms with Crippen molar-refractivity contribution in [2.75, 3.05) is 5.75 Å². The predicted octanol–water partition coefficient (Wildman–Crippen LogP) is 4.48. The summed E-state index contributed by atoms with van der Waals surface area (Å²) in [4.78, 5) is 1.18. The van der Waals surface area contributed by atoms with Crippen molar-refractivity contribution in [2.45, 2.75) is 25.2 Å². The molecular formula is C10H15OPS2. The summed E-state index contributed by atoms with van der Waals surface area (Å²) in [6.45, 7) is 4.17. The molecule has 1 nitrogen and oxygen atoms in total. The van der Waals surface area contributed by atoms with Gasteiger partial charge in [-0.25, -0.2) is 0 Å². The number of benzene rings is 1. The summed E-state index contributed by atoms with van der Waals surface area (Å²) in [5, 5.41) is 0. The molecule has 0 heterocycles. The summed E-state index contributed by atoms with van der Waals surface area (Å²) >= 11 is 3.08. The smallest absolute Gasteiger partial charge is 0.184 e. The van der Waals surface area contributed by atoms with E-state index in [2.05, 4.69) is 19.1 Å². The Morgan fingerprint density at radius 3 is 2.64 bits per heavy atom. The maximum Gasteiger partial charge on any atom is 0.184 e. The molecule has 0 saturated heterocycles. The SMILES string of the molecule is CCS[PH](=O)Sc1ccccc1CC. The van der Waals surface area contributed by atoms with E-state index in [9.17, 15) is 4.57 Å². The number of hydrogen-bond acceptors (Lipinski definition) is 3. The van der Waals surface area contributed by atoms with Gasteiger partial charge in [0.1, 0.15) is 0 Å². The van der Waals surface area contributed by atoms with Gasteiger partial charge in [-0.2, -0.15) is 0 Å². The zero-order chi connectivity index (χ0) is 10.4. The van der Waals surface area contributed by atoms with Crippen molar-refractivity contribution in [2.24, 2.45) is 0 Å². The molecule has 0 radical (unpaired) electrons. The van der Waals surface area contributed by atoms with Crippen LogP contribution in [0.3, 0.4) is 0 Å². The van der Waals surface area contributed by atoms with Gasteiger partial charge < -0.3 is 4.57 Å². The van der Waals surface area contributed by atoms with Crippen LogP contribution in [-0.4, -0.2) is 5.75 Å². The van der Waals surface area contributed by atoms with E-state index in [0.717, 1.165) is 12.2 Å². The zero-order valence-electron chi connectivity index (χ0n) is 8.45. The van der Waals surface area contributed by atoms with E-state index in [4.69, 9.17) is 0 Å². The van der Waals surface area contributed by atoms with E-state index < -0.39 is 6.20 Å². The minimum atomic E-state index is -1.54. The molecule has 0 N–H and O–H groups in total. The molecule has 14 heavy (non-hydrogen) atoms. The first kappa shape index (κ1) is 12.2. The molecular weight excluding hydrogens is 231 g/mol. The lowest BCUT2D eigenvalue weighted by Gasteiger charge is -2.05. The molecule has 0 fully saturated rings. The number of aryl methyl sites for hydroxylation is 1. The fraction of sp³-hybridized carbons (Fsp3) is 0.400. The van der Waals surface area contributed by atoms with Crippen LogP contribution in [0.1, 0.15) is 19.4 Å². The van der Waals surface area contributed by atoms with E-state index in [1.807, 2.05) is 19.1 Å². The van der Waals surface area contributed by atoms with Gasteiger partial charge in [0.25, 0.3) is 0 Å². The van der Waals surface area contributed by atoms with Crippen LogP contribution in [0.4, 0.5) is 0 Å². The number of rotatable bonds is 5. The van der Waals surface area contributed by atoms with E-state index in [0.29, 0.717) is 0 Å². The van der Waals surface area contributed by atoms with Gasteiger partial charge in [0.05, 0.1) is 0 Å². The largest absolute Gasteiger partial charge is 0.303 e.